The van der Waals surface area contributed by atoms with E-state index in [1.165, 1.54) is 5.57 Å². The minimum atomic E-state index is 0.405. The highest BCUT2D eigenvalue weighted by Gasteiger charge is 2.13. The average molecular weight is 133 g/mol. The van der Waals surface area contributed by atoms with Gasteiger partial charge in [0.25, 0.3) is 0 Å². The maximum absolute atomic E-state index is 4.14. The summed E-state index contributed by atoms with van der Waals surface area (Å²) in [7, 11) is 0. The van der Waals surface area contributed by atoms with Gasteiger partial charge in [-0.05, 0) is 23.9 Å². The number of nitrogens with one attached hydrogen (secondary N) is 1. The molecule has 10 heavy (non-hydrogen) atoms. The zero-order chi connectivity index (χ0) is 6.81. The molecule has 0 aromatic rings. The molecule has 0 aliphatic carbocycles. The van der Waals surface area contributed by atoms with Crippen molar-refractivity contribution >= 4 is 0 Å². The Kier molecular flexibility index (Phi) is 1.24. The lowest BCUT2D eigenvalue weighted by Crippen LogP contribution is -2.32. The fourth-order valence-electron chi connectivity index (χ4n) is 1.18. The van der Waals surface area contributed by atoms with E-state index in [0.717, 1.165) is 6.54 Å². The Balaban J connectivity index is 2.26. The standard InChI is InChI=1S/C8H9N2/c1-2-7-6-9-5-3-8(7)10-4-1/h1-5,8,10H,6H2. The van der Waals surface area contributed by atoms with Gasteiger partial charge < -0.3 is 5.32 Å². The van der Waals surface area contributed by atoms with E-state index in [1.54, 1.807) is 0 Å². The van der Waals surface area contributed by atoms with Crippen LogP contribution < -0.4 is 10.6 Å². The summed E-state index contributed by atoms with van der Waals surface area (Å²) >= 11 is 0. The Morgan fingerprint density at radius 3 is 3.50 bits per heavy atom. The maximum atomic E-state index is 4.14. The molecule has 2 heterocycles. The van der Waals surface area contributed by atoms with Crippen molar-refractivity contribution in [3.05, 3.63) is 36.2 Å². The summed E-state index contributed by atoms with van der Waals surface area (Å²) in [5.41, 5.74) is 1.35. The van der Waals surface area contributed by atoms with Crippen molar-refractivity contribution in [2.75, 3.05) is 6.54 Å². The molecule has 0 saturated carbocycles. The Morgan fingerprint density at radius 2 is 2.60 bits per heavy atom. The van der Waals surface area contributed by atoms with Crippen molar-refractivity contribution in [1.29, 1.82) is 0 Å². The van der Waals surface area contributed by atoms with E-state index in [-0.39, 0.29) is 0 Å². The summed E-state index contributed by atoms with van der Waals surface area (Å²) in [5.74, 6) is 0. The van der Waals surface area contributed by atoms with Crippen LogP contribution in [0.15, 0.2) is 36.2 Å². The van der Waals surface area contributed by atoms with Gasteiger partial charge in [0.2, 0.25) is 0 Å². The van der Waals surface area contributed by atoms with E-state index in [1.807, 2.05) is 18.5 Å². The summed E-state index contributed by atoms with van der Waals surface area (Å²) in [6.07, 6.45) is 10.0. The molecule has 51 valence electrons. The molecule has 0 aromatic heterocycles. The summed E-state index contributed by atoms with van der Waals surface area (Å²) in [4.78, 5) is 0. The third-order valence-corrected chi connectivity index (χ3v) is 1.74. The van der Waals surface area contributed by atoms with Crippen molar-refractivity contribution in [2.24, 2.45) is 0 Å². The number of hydrogen-bond acceptors (Lipinski definition) is 1. The number of nitrogens with zero attached hydrogens (tertiary/aromatic N) is 1. The van der Waals surface area contributed by atoms with Crippen LogP contribution in [0.4, 0.5) is 0 Å². The molecule has 0 bridgehead atoms. The van der Waals surface area contributed by atoms with Crippen LogP contribution in [-0.2, 0) is 0 Å². The Bertz CT molecular complexity index is 213. The zero-order valence-corrected chi connectivity index (χ0v) is 5.62. The quantitative estimate of drug-likeness (QED) is 0.512. The second-order valence-corrected chi connectivity index (χ2v) is 2.43. The summed E-state index contributed by atoms with van der Waals surface area (Å²) in [5, 5.41) is 7.36. The van der Waals surface area contributed by atoms with Crippen LogP contribution in [-0.4, -0.2) is 12.6 Å². The molecular formula is C8H9N2. The van der Waals surface area contributed by atoms with E-state index < -0.39 is 0 Å². The summed E-state index contributed by atoms with van der Waals surface area (Å²) in [6, 6.07) is 0.405. The highest BCUT2D eigenvalue weighted by molar-refractivity contribution is 5.30. The molecule has 1 atom stereocenters. The number of dihydropyridines is 1. The minimum absolute atomic E-state index is 0.405. The van der Waals surface area contributed by atoms with Gasteiger partial charge >= 0.3 is 0 Å². The lowest BCUT2D eigenvalue weighted by Gasteiger charge is -2.22. The van der Waals surface area contributed by atoms with Gasteiger partial charge in [-0.25, -0.2) is 0 Å². The molecule has 0 saturated heterocycles. The predicted molar refractivity (Wildman–Crippen MR) is 40.3 cm³/mol. The highest BCUT2D eigenvalue weighted by atomic mass is 14.9. The molecule has 1 radical (unpaired) electrons. The van der Waals surface area contributed by atoms with Crippen LogP contribution in [0.2, 0.25) is 0 Å². The van der Waals surface area contributed by atoms with Crippen molar-refractivity contribution < 1.29 is 0 Å². The van der Waals surface area contributed by atoms with Gasteiger partial charge in [0, 0.05) is 6.20 Å². The van der Waals surface area contributed by atoms with Crippen LogP contribution in [0, 0.1) is 0 Å². The zero-order valence-electron chi connectivity index (χ0n) is 5.62. The molecule has 0 fully saturated rings. The number of fused-ring (bicyclic) bond motifs is 1. The predicted octanol–water partition coefficient (Wildman–Crippen LogP) is 0.530. The first-order valence-corrected chi connectivity index (χ1v) is 3.42. The Labute approximate surface area is 60.3 Å². The normalized spacial score (nSPS) is 28.0. The van der Waals surface area contributed by atoms with Gasteiger partial charge in [-0.1, -0.05) is 6.08 Å². The van der Waals surface area contributed by atoms with Gasteiger partial charge in [-0.15, -0.1) is 0 Å². The van der Waals surface area contributed by atoms with Gasteiger partial charge in [-0.2, -0.15) is 0 Å². The third kappa shape index (κ3) is 0.817. The van der Waals surface area contributed by atoms with Gasteiger partial charge in [-0.3, -0.25) is 5.32 Å². The lowest BCUT2D eigenvalue weighted by molar-refractivity contribution is 0.700. The van der Waals surface area contributed by atoms with Crippen LogP contribution in [0.25, 0.3) is 0 Å². The van der Waals surface area contributed by atoms with Crippen LogP contribution in [0.5, 0.6) is 0 Å². The monoisotopic (exact) mass is 133 g/mol. The van der Waals surface area contributed by atoms with E-state index >= 15 is 0 Å². The van der Waals surface area contributed by atoms with Crippen molar-refractivity contribution in [3.63, 3.8) is 0 Å². The first-order chi connectivity index (χ1) is 4.97. The van der Waals surface area contributed by atoms with E-state index in [4.69, 9.17) is 0 Å². The van der Waals surface area contributed by atoms with Crippen molar-refractivity contribution in [1.82, 2.24) is 10.6 Å². The van der Waals surface area contributed by atoms with E-state index in [2.05, 4.69) is 22.8 Å². The highest BCUT2D eigenvalue weighted by Crippen LogP contribution is 2.10. The maximum Gasteiger partial charge on any atom is 0.0690 e. The van der Waals surface area contributed by atoms with Crippen molar-refractivity contribution in [3.8, 4) is 0 Å². The smallest absolute Gasteiger partial charge is 0.0690 e. The molecule has 0 aromatic carbocycles. The number of allylic oxidation sites excluding steroid dienone is 2. The van der Waals surface area contributed by atoms with E-state index in [9.17, 15) is 0 Å². The topological polar surface area (TPSA) is 26.1 Å². The second kappa shape index (κ2) is 2.21. The first kappa shape index (κ1) is 5.59. The molecule has 2 heteroatoms. The summed E-state index contributed by atoms with van der Waals surface area (Å²) < 4.78 is 0. The van der Waals surface area contributed by atoms with E-state index in [0.29, 0.717) is 6.04 Å². The van der Waals surface area contributed by atoms with Crippen LogP contribution >= 0.6 is 0 Å². The Morgan fingerprint density at radius 1 is 1.60 bits per heavy atom. The second-order valence-electron chi connectivity index (χ2n) is 2.43. The molecule has 2 aliphatic heterocycles. The molecular weight excluding hydrogens is 124 g/mol. The lowest BCUT2D eigenvalue weighted by atomic mass is 10.0. The number of hydrogen-bond donors (Lipinski definition) is 1. The molecule has 0 spiro atoms. The number of rotatable bonds is 0. The fraction of sp³-hybridized carbons (Fsp3) is 0.250. The molecule has 2 aliphatic rings. The fourth-order valence-corrected chi connectivity index (χ4v) is 1.18. The minimum Gasteiger partial charge on any atom is -0.381 e. The van der Waals surface area contributed by atoms with Gasteiger partial charge in [0.1, 0.15) is 0 Å². The van der Waals surface area contributed by atoms with Gasteiger partial charge in [0.05, 0.1) is 12.6 Å². The average Bonchev–Trinajstić information content (AvgIpc) is 2.05. The first-order valence-electron chi connectivity index (χ1n) is 3.42. The molecule has 1 N–H and O–H groups in total. The van der Waals surface area contributed by atoms with Crippen molar-refractivity contribution in [2.45, 2.75) is 6.04 Å². The largest absolute Gasteiger partial charge is 0.381 e. The van der Waals surface area contributed by atoms with Crippen LogP contribution in [0.1, 0.15) is 0 Å². The molecule has 2 nitrogen and oxygen atoms in total. The third-order valence-electron chi connectivity index (χ3n) is 1.74. The summed E-state index contributed by atoms with van der Waals surface area (Å²) in [6.45, 7) is 0.846. The Hall–Kier alpha value is -1.18. The van der Waals surface area contributed by atoms with Crippen LogP contribution in [0.3, 0.4) is 0 Å². The van der Waals surface area contributed by atoms with Gasteiger partial charge in [0.15, 0.2) is 0 Å². The SMILES string of the molecule is C1=CNC2C=C[N]CC2=C1. The molecule has 1 unspecified atom stereocenters. The molecule has 2 rings (SSSR count). The molecule has 0 amide bonds.